The Labute approximate surface area is 144 Å². The zero-order valence-corrected chi connectivity index (χ0v) is 15.2. The molecular formula is C17H31N3O2S. The molecule has 0 aromatic carbocycles. The van der Waals surface area contributed by atoms with Gasteiger partial charge in [0.05, 0.1) is 11.5 Å². The molecule has 6 atom stereocenters. The average Bonchev–Trinajstić information content (AvgIpc) is 3.05. The van der Waals surface area contributed by atoms with E-state index in [-0.39, 0.29) is 12.1 Å². The summed E-state index contributed by atoms with van der Waals surface area (Å²) in [6.45, 7) is 3.33. The molecule has 1 aliphatic carbocycles. The molecule has 0 bridgehead atoms. The van der Waals surface area contributed by atoms with Gasteiger partial charge in [-0.3, -0.25) is 15.4 Å². The van der Waals surface area contributed by atoms with Gasteiger partial charge >= 0.3 is 0 Å². The van der Waals surface area contributed by atoms with Gasteiger partial charge in [-0.2, -0.15) is 0 Å². The molecule has 0 aromatic rings. The monoisotopic (exact) mass is 341 g/mol. The summed E-state index contributed by atoms with van der Waals surface area (Å²) >= 11 is 1.88. The van der Waals surface area contributed by atoms with Crippen LogP contribution in [-0.4, -0.2) is 49.0 Å². The van der Waals surface area contributed by atoms with Crippen molar-refractivity contribution in [3.8, 4) is 0 Å². The van der Waals surface area contributed by atoms with Crippen LogP contribution in [-0.2, 0) is 9.53 Å². The predicted molar refractivity (Wildman–Crippen MR) is 94.3 cm³/mol. The van der Waals surface area contributed by atoms with Crippen molar-refractivity contribution < 1.29 is 9.53 Å². The normalized spacial score (nSPS) is 42.3. The van der Waals surface area contributed by atoms with Crippen molar-refractivity contribution >= 4 is 17.5 Å². The first-order chi connectivity index (χ1) is 11.2. The van der Waals surface area contributed by atoms with Crippen molar-refractivity contribution in [3.05, 3.63) is 0 Å². The summed E-state index contributed by atoms with van der Waals surface area (Å²) in [6.07, 6.45) is 6.71. The number of nitrogens with one attached hydrogen (secondary N) is 3. The smallest absolute Gasteiger partial charge is 0.167 e. The number of Topliss-reactive ketones (excluding diaryl/α,β-unsaturated/α-hetero) is 1. The summed E-state index contributed by atoms with van der Waals surface area (Å²) in [4.78, 5) is 13.0. The highest BCUT2D eigenvalue weighted by molar-refractivity contribution is 7.99. The predicted octanol–water partition coefficient (Wildman–Crippen LogP) is 1.68. The number of methoxy groups -OCH3 is 1. The molecule has 0 radical (unpaired) electrons. The Morgan fingerprint density at radius 1 is 1.17 bits per heavy atom. The fourth-order valence-electron chi connectivity index (χ4n) is 4.29. The fourth-order valence-corrected chi connectivity index (χ4v) is 5.43. The number of carbonyl (C=O) groups excluding carboxylic acids is 1. The first kappa shape index (κ1) is 17.7. The molecule has 6 heteroatoms. The summed E-state index contributed by atoms with van der Waals surface area (Å²) in [7, 11) is 1.80. The van der Waals surface area contributed by atoms with Gasteiger partial charge in [-0.15, -0.1) is 11.8 Å². The minimum absolute atomic E-state index is 0.162. The maximum Gasteiger partial charge on any atom is 0.167 e. The minimum Gasteiger partial charge on any atom is -0.381 e. The van der Waals surface area contributed by atoms with Gasteiger partial charge in [0.1, 0.15) is 6.17 Å². The van der Waals surface area contributed by atoms with Crippen molar-refractivity contribution in [2.45, 2.75) is 69.1 Å². The highest BCUT2D eigenvalue weighted by Gasteiger charge is 2.37. The molecule has 23 heavy (non-hydrogen) atoms. The van der Waals surface area contributed by atoms with Crippen LogP contribution < -0.4 is 16.0 Å². The number of hydrogen-bond acceptors (Lipinski definition) is 6. The quantitative estimate of drug-likeness (QED) is 0.677. The Hall–Kier alpha value is -0.140. The summed E-state index contributed by atoms with van der Waals surface area (Å²) < 4.78 is 5.59. The van der Waals surface area contributed by atoms with E-state index in [9.17, 15) is 4.79 Å². The van der Waals surface area contributed by atoms with Crippen LogP contribution in [0.1, 0.15) is 45.4 Å². The van der Waals surface area contributed by atoms with Crippen molar-refractivity contribution in [1.29, 1.82) is 0 Å². The standard InChI is InChI=1S/C17H31N3O2S/c1-11-9-12(5-3-7-14(11)22-2)15(21)16-19-10-23-17(20-16)13-6-4-8-18-13/h11-14,16-20H,3-10H2,1-2H3/t11-,12?,13?,14-,16?,17?/m0/s1. The van der Waals surface area contributed by atoms with Crippen LogP contribution in [0.25, 0.3) is 0 Å². The van der Waals surface area contributed by atoms with E-state index in [4.69, 9.17) is 4.74 Å². The van der Waals surface area contributed by atoms with Crippen LogP contribution in [0.2, 0.25) is 0 Å². The first-order valence-corrected chi connectivity index (χ1v) is 10.1. The molecule has 2 saturated heterocycles. The second-order valence-corrected chi connectivity index (χ2v) is 8.39. The van der Waals surface area contributed by atoms with Gasteiger partial charge in [-0.25, -0.2) is 0 Å². The third-order valence-electron chi connectivity index (χ3n) is 5.67. The third kappa shape index (κ3) is 4.28. The molecule has 5 nitrogen and oxygen atoms in total. The Morgan fingerprint density at radius 2 is 2.04 bits per heavy atom. The van der Waals surface area contributed by atoms with E-state index in [1.165, 1.54) is 12.8 Å². The maximum absolute atomic E-state index is 13.0. The van der Waals surface area contributed by atoms with Gasteiger partial charge in [0.25, 0.3) is 0 Å². The zero-order valence-electron chi connectivity index (χ0n) is 14.3. The maximum atomic E-state index is 13.0. The Balaban J connectivity index is 1.58. The second kappa shape index (κ2) is 8.30. The van der Waals surface area contributed by atoms with Crippen LogP contribution in [0.3, 0.4) is 0 Å². The number of carbonyl (C=O) groups is 1. The number of rotatable bonds is 4. The highest BCUT2D eigenvalue weighted by atomic mass is 32.2. The minimum atomic E-state index is -0.181. The number of ketones is 1. The molecule has 0 spiro atoms. The Bertz CT molecular complexity index is 403. The van der Waals surface area contributed by atoms with Crippen molar-refractivity contribution in [3.63, 3.8) is 0 Å². The molecule has 0 aromatic heterocycles. The van der Waals surface area contributed by atoms with E-state index in [0.29, 0.717) is 29.2 Å². The molecule has 4 unspecified atom stereocenters. The summed E-state index contributed by atoms with van der Waals surface area (Å²) in [5.74, 6) is 1.84. The number of thioether (sulfide) groups is 1. The topological polar surface area (TPSA) is 62.4 Å². The lowest BCUT2D eigenvalue weighted by atomic mass is 9.89. The van der Waals surface area contributed by atoms with Gasteiger partial charge in [-0.1, -0.05) is 13.3 Å². The van der Waals surface area contributed by atoms with Crippen LogP contribution >= 0.6 is 11.8 Å². The third-order valence-corrected chi connectivity index (χ3v) is 6.82. The highest BCUT2D eigenvalue weighted by Crippen LogP contribution is 2.31. The van der Waals surface area contributed by atoms with Gasteiger partial charge < -0.3 is 10.1 Å². The summed E-state index contributed by atoms with van der Waals surface area (Å²) in [6, 6.07) is 0.503. The van der Waals surface area contributed by atoms with Crippen molar-refractivity contribution in [1.82, 2.24) is 16.0 Å². The number of ether oxygens (including phenoxy) is 1. The average molecular weight is 342 g/mol. The van der Waals surface area contributed by atoms with E-state index < -0.39 is 0 Å². The van der Waals surface area contributed by atoms with Gasteiger partial charge in [0, 0.05) is 24.9 Å². The van der Waals surface area contributed by atoms with E-state index >= 15 is 0 Å². The second-order valence-electron chi connectivity index (χ2n) is 7.26. The Kier molecular flexibility index (Phi) is 6.38. The molecular weight excluding hydrogens is 310 g/mol. The lowest BCUT2D eigenvalue weighted by Gasteiger charge is -2.35. The lowest BCUT2D eigenvalue weighted by Crippen LogP contribution is -2.60. The first-order valence-electron chi connectivity index (χ1n) is 9.10. The molecule has 2 aliphatic heterocycles. The summed E-state index contributed by atoms with van der Waals surface area (Å²) in [5.41, 5.74) is 0. The number of hydrogen-bond donors (Lipinski definition) is 3. The molecule has 3 aliphatic rings. The SMILES string of the molecule is CO[C@H]1CCCC(C(=O)C2NCSC(C3CCCN3)N2)C[C@@H]1C. The zero-order chi connectivity index (χ0) is 16.2. The van der Waals surface area contributed by atoms with Gasteiger partial charge in [-0.05, 0) is 44.6 Å². The molecule has 2 heterocycles. The van der Waals surface area contributed by atoms with Crippen LogP contribution in [0, 0.1) is 11.8 Å². The van der Waals surface area contributed by atoms with E-state index in [1.807, 2.05) is 11.8 Å². The molecule has 3 N–H and O–H groups in total. The largest absolute Gasteiger partial charge is 0.381 e. The van der Waals surface area contributed by atoms with Crippen LogP contribution in [0.15, 0.2) is 0 Å². The van der Waals surface area contributed by atoms with Crippen molar-refractivity contribution in [2.75, 3.05) is 19.5 Å². The van der Waals surface area contributed by atoms with Gasteiger partial charge in [0.2, 0.25) is 0 Å². The van der Waals surface area contributed by atoms with Crippen molar-refractivity contribution in [2.24, 2.45) is 11.8 Å². The van der Waals surface area contributed by atoms with Crippen LogP contribution in [0.4, 0.5) is 0 Å². The van der Waals surface area contributed by atoms with Gasteiger partial charge in [0.15, 0.2) is 5.78 Å². The Morgan fingerprint density at radius 3 is 2.78 bits per heavy atom. The molecule has 0 amide bonds. The molecule has 3 fully saturated rings. The summed E-state index contributed by atoms with van der Waals surface area (Å²) in [5, 5.41) is 10.8. The van der Waals surface area contributed by atoms with Crippen LogP contribution in [0.5, 0.6) is 0 Å². The van der Waals surface area contributed by atoms with E-state index in [1.54, 1.807) is 7.11 Å². The lowest BCUT2D eigenvalue weighted by molar-refractivity contribution is -0.126. The molecule has 1 saturated carbocycles. The van der Waals surface area contributed by atoms with E-state index in [2.05, 4.69) is 22.9 Å². The molecule has 132 valence electrons. The fraction of sp³-hybridized carbons (Fsp3) is 0.941. The van der Waals surface area contributed by atoms with E-state index in [0.717, 1.165) is 38.1 Å². The molecule has 3 rings (SSSR count).